The van der Waals surface area contributed by atoms with Crippen LogP contribution in [0.2, 0.25) is 0 Å². The standard InChI is InChI=1S/C15H22N6O3/c22-13(16-4-5-21-10-11-24-15(21)23)12-19-6-8-20(9-7-19)14-17-2-1-3-18-14/h1-3H,4-12H2,(H,16,22). The van der Waals surface area contributed by atoms with Crippen LogP contribution in [0.15, 0.2) is 18.5 Å². The molecule has 0 unspecified atom stereocenters. The van der Waals surface area contributed by atoms with Gasteiger partial charge in [-0.1, -0.05) is 0 Å². The molecule has 0 atom stereocenters. The first-order valence-electron chi connectivity index (χ1n) is 8.15. The Morgan fingerprint density at radius 1 is 1.17 bits per heavy atom. The van der Waals surface area contributed by atoms with E-state index in [0.29, 0.717) is 32.8 Å². The lowest BCUT2D eigenvalue weighted by molar-refractivity contribution is -0.122. The van der Waals surface area contributed by atoms with Gasteiger partial charge in [0.2, 0.25) is 11.9 Å². The highest BCUT2D eigenvalue weighted by Crippen LogP contribution is 2.09. The monoisotopic (exact) mass is 334 g/mol. The molecule has 2 saturated heterocycles. The van der Waals surface area contributed by atoms with Crippen molar-refractivity contribution in [2.75, 3.05) is 63.9 Å². The van der Waals surface area contributed by atoms with Gasteiger partial charge in [0.15, 0.2) is 0 Å². The molecular weight excluding hydrogens is 312 g/mol. The maximum atomic E-state index is 12.0. The summed E-state index contributed by atoms with van der Waals surface area (Å²) in [6, 6.07) is 1.80. The normalized spacial score (nSPS) is 18.6. The molecule has 2 amide bonds. The van der Waals surface area contributed by atoms with Crippen molar-refractivity contribution < 1.29 is 14.3 Å². The number of hydrogen-bond acceptors (Lipinski definition) is 7. The quantitative estimate of drug-likeness (QED) is 0.726. The third kappa shape index (κ3) is 4.31. The van der Waals surface area contributed by atoms with Crippen molar-refractivity contribution >= 4 is 17.9 Å². The number of nitrogens with zero attached hydrogens (tertiary/aromatic N) is 5. The predicted octanol–water partition coefficient (Wildman–Crippen LogP) is -0.833. The lowest BCUT2D eigenvalue weighted by Gasteiger charge is -2.34. The number of carbonyl (C=O) groups is 2. The first-order valence-corrected chi connectivity index (χ1v) is 8.15. The van der Waals surface area contributed by atoms with Crippen molar-refractivity contribution in [3.63, 3.8) is 0 Å². The SMILES string of the molecule is O=C(CN1CCN(c2ncccn2)CC1)NCCN1CCOC1=O. The van der Waals surface area contributed by atoms with Crippen LogP contribution in [0, 0.1) is 0 Å². The summed E-state index contributed by atoms with van der Waals surface area (Å²) in [5, 5.41) is 2.85. The molecule has 3 rings (SSSR count). The van der Waals surface area contributed by atoms with Crippen molar-refractivity contribution in [2.45, 2.75) is 0 Å². The lowest BCUT2D eigenvalue weighted by Crippen LogP contribution is -2.50. The number of piperazine rings is 1. The van der Waals surface area contributed by atoms with Crippen LogP contribution in [0.25, 0.3) is 0 Å². The molecule has 0 bridgehead atoms. The minimum Gasteiger partial charge on any atom is -0.448 e. The summed E-state index contributed by atoms with van der Waals surface area (Å²) < 4.78 is 4.84. The summed E-state index contributed by atoms with van der Waals surface area (Å²) in [5.74, 6) is 0.714. The van der Waals surface area contributed by atoms with Gasteiger partial charge in [-0.3, -0.25) is 9.69 Å². The summed E-state index contributed by atoms with van der Waals surface area (Å²) in [6.07, 6.45) is 3.17. The number of amides is 2. The first kappa shape index (κ1) is 16.4. The Labute approximate surface area is 140 Å². The average molecular weight is 334 g/mol. The third-order valence-electron chi connectivity index (χ3n) is 4.12. The first-order chi connectivity index (χ1) is 11.7. The van der Waals surface area contributed by atoms with Crippen LogP contribution >= 0.6 is 0 Å². The Kier molecular flexibility index (Phi) is 5.42. The highest BCUT2D eigenvalue weighted by Gasteiger charge is 2.22. The molecule has 0 saturated carbocycles. The van der Waals surface area contributed by atoms with Gasteiger partial charge in [-0.05, 0) is 6.07 Å². The number of anilines is 1. The van der Waals surface area contributed by atoms with E-state index in [1.165, 1.54) is 0 Å². The minimum atomic E-state index is -0.302. The third-order valence-corrected chi connectivity index (χ3v) is 4.12. The van der Waals surface area contributed by atoms with E-state index in [0.717, 1.165) is 32.1 Å². The maximum Gasteiger partial charge on any atom is 0.409 e. The van der Waals surface area contributed by atoms with Gasteiger partial charge in [0.1, 0.15) is 6.61 Å². The van der Waals surface area contributed by atoms with Gasteiger partial charge in [0, 0.05) is 51.7 Å². The molecule has 0 radical (unpaired) electrons. The van der Waals surface area contributed by atoms with Crippen LogP contribution in [-0.4, -0.2) is 90.7 Å². The van der Waals surface area contributed by atoms with Crippen LogP contribution in [-0.2, 0) is 9.53 Å². The Morgan fingerprint density at radius 3 is 2.58 bits per heavy atom. The fourth-order valence-electron chi connectivity index (χ4n) is 2.78. The van der Waals surface area contributed by atoms with Crippen LogP contribution in [0.4, 0.5) is 10.7 Å². The molecule has 1 aromatic heterocycles. The van der Waals surface area contributed by atoms with Gasteiger partial charge >= 0.3 is 6.09 Å². The predicted molar refractivity (Wildman–Crippen MR) is 86.6 cm³/mol. The fourth-order valence-corrected chi connectivity index (χ4v) is 2.78. The number of cyclic esters (lactones) is 1. The number of ether oxygens (including phenoxy) is 1. The van der Waals surface area contributed by atoms with Crippen LogP contribution in [0.3, 0.4) is 0 Å². The van der Waals surface area contributed by atoms with Gasteiger partial charge in [-0.2, -0.15) is 0 Å². The van der Waals surface area contributed by atoms with Gasteiger partial charge in [-0.25, -0.2) is 14.8 Å². The molecule has 130 valence electrons. The van der Waals surface area contributed by atoms with Crippen molar-refractivity contribution in [1.82, 2.24) is 25.1 Å². The van der Waals surface area contributed by atoms with Crippen LogP contribution in [0.1, 0.15) is 0 Å². The molecule has 1 N–H and O–H groups in total. The van der Waals surface area contributed by atoms with E-state index in [1.54, 1.807) is 23.4 Å². The van der Waals surface area contributed by atoms with Crippen molar-refractivity contribution in [2.24, 2.45) is 0 Å². The zero-order valence-electron chi connectivity index (χ0n) is 13.6. The summed E-state index contributed by atoms with van der Waals surface area (Å²) in [6.45, 7) is 5.53. The second-order valence-corrected chi connectivity index (χ2v) is 5.76. The van der Waals surface area contributed by atoms with Crippen LogP contribution < -0.4 is 10.2 Å². The van der Waals surface area contributed by atoms with E-state index in [2.05, 4.69) is 25.1 Å². The fraction of sp³-hybridized carbons (Fsp3) is 0.600. The summed E-state index contributed by atoms with van der Waals surface area (Å²) >= 11 is 0. The van der Waals surface area contributed by atoms with Crippen LogP contribution in [0.5, 0.6) is 0 Å². The van der Waals surface area contributed by atoms with Gasteiger partial charge in [0.25, 0.3) is 0 Å². The molecule has 3 heterocycles. The highest BCUT2D eigenvalue weighted by molar-refractivity contribution is 5.78. The molecule has 1 aromatic rings. The van der Waals surface area contributed by atoms with E-state index < -0.39 is 0 Å². The van der Waals surface area contributed by atoms with Crippen molar-refractivity contribution in [3.05, 3.63) is 18.5 Å². The topological polar surface area (TPSA) is 90.9 Å². The number of rotatable bonds is 6. The molecule has 24 heavy (non-hydrogen) atoms. The molecule has 0 spiro atoms. The highest BCUT2D eigenvalue weighted by atomic mass is 16.6. The Bertz CT molecular complexity index is 562. The molecular formula is C15H22N6O3. The van der Waals surface area contributed by atoms with Gasteiger partial charge in [0.05, 0.1) is 13.1 Å². The molecule has 0 aromatic carbocycles. The van der Waals surface area contributed by atoms with E-state index in [4.69, 9.17) is 4.74 Å². The molecule has 9 heteroatoms. The van der Waals surface area contributed by atoms with E-state index in [-0.39, 0.29) is 12.0 Å². The maximum absolute atomic E-state index is 12.0. The van der Waals surface area contributed by atoms with E-state index in [1.807, 2.05) is 0 Å². The van der Waals surface area contributed by atoms with E-state index >= 15 is 0 Å². The number of nitrogens with one attached hydrogen (secondary N) is 1. The smallest absolute Gasteiger partial charge is 0.409 e. The number of carbonyl (C=O) groups excluding carboxylic acids is 2. The van der Waals surface area contributed by atoms with Gasteiger partial charge < -0.3 is 19.9 Å². The van der Waals surface area contributed by atoms with Crippen molar-refractivity contribution in [1.29, 1.82) is 0 Å². The molecule has 0 aliphatic carbocycles. The molecule has 2 fully saturated rings. The Balaban J connectivity index is 1.33. The molecule has 2 aliphatic heterocycles. The second kappa shape index (κ2) is 7.91. The van der Waals surface area contributed by atoms with Crippen molar-refractivity contribution in [3.8, 4) is 0 Å². The summed E-state index contributed by atoms with van der Waals surface area (Å²) in [7, 11) is 0. The lowest BCUT2D eigenvalue weighted by atomic mass is 10.3. The largest absolute Gasteiger partial charge is 0.448 e. The average Bonchev–Trinajstić information content (AvgIpc) is 3.01. The van der Waals surface area contributed by atoms with E-state index in [9.17, 15) is 9.59 Å². The molecule has 9 nitrogen and oxygen atoms in total. The summed E-state index contributed by atoms with van der Waals surface area (Å²) in [5.41, 5.74) is 0. The minimum absolute atomic E-state index is 0.0213. The summed E-state index contributed by atoms with van der Waals surface area (Å²) in [4.78, 5) is 37.6. The number of aromatic nitrogens is 2. The second-order valence-electron chi connectivity index (χ2n) is 5.76. The molecule has 2 aliphatic rings. The Hall–Kier alpha value is -2.42. The Morgan fingerprint density at radius 2 is 1.92 bits per heavy atom. The van der Waals surface area contributed by atoms with Gasteiger partial charge in [-0.15, -0.1) is 0 Å². The zero-order chi connectivity index (χ0) is 16.8. The number of hydrogen-bond donors (Lipinski definition) is 1. The zero-order valence-corrected chi connectivity index (χ0v) is 13.6.